The molecule has 28 heavy (non-hydrogen) atoms. The number of carbonyl (C=O) groups excluding carboxylic acids is 1. The lowest BCUT2D eigenvalue weighted by atomic mass is 10.2. The van der Waals surface area contributed by atoms with Crippen molar-refractivity contribution in [1.29, 1.82) is 0 Å². The van der Waals surface area contributed by atoms with E-state index in [9.17, 15) is 4.79 Å². The molecule has 0 saturated heterocycles. The van der Waals surface area contributed by atoms with Crippen LogP contribution < -0.4 is 10.1 Å². The highest BCUT2D eigenvalue weighted by Gasteiger charge is 2.30. The van der Waals surface area contributed by atoms with Crippen LogP contribution in [0.2, 0.25) is 0 Å². The van der Waals surface area contributed by atoms with Gasteiger partial charge in [-0.1, -0.05) is 12.1 Å². The summed E-state index contributed by atoms with van der Waals surface area (Å²) in [5.41, 5.74) is 1.56. The molecule has 1 aliphatic rings. The molecule has 1 heterocycles. The molecule has 0 aliphatic heterocycles. The van der Waals surface area contributed by atoms with E-state index >= 15 is 0 Å². The van der Waals surface area contributed by atoms with Crippen molar-refractivity contribution in [2.24, 2.45) is 0 Å². The summed E-state index contributed by atoms with van der Waals surface area (Å²) in [6, 6.07) is 8.76. The van der Waals surface area contributed by atoms with E-state index in [0.29, 0.717) is 37.3 Å². The predicted molar refractivity (Wildman–Crippen MR) is 107 cm³/mol. The first-order chi connectivity index (χ1) is 13.5. The minimum absolute atomic E-state index is 0.193. The van der Waals surface area contributed by atoms with Gasteiger partial charge in [0.25, 0.3) is 5.91 Å². The minimum atomic E-state index is -0.193. The molecule has 1 aliphatic carbocycles. The average Bonchev–Trinajstić information content (AvgIpc) is 3.41. The molecule has 2 aromatic rings. The topological polar surface area (TPSA) is 70.8 Å². The molecule has 1 saturated carbocycles. The quantitative estimate of drug-likeness (QED) is 0.640. The summed E-state index contributed by atoms with van der Waals surface area (Å²) in [6.07, 6.45) is 3.83. The lowest BCUT2D eigenvalue weighted by Crippen LogP contribution is -2.31. The summed E-state index contributed by atoms with van der Waals surface area (Å²) in [7, 11) is 3.94. The van der Waals surface area contributed by atoms with Crippen LogP contribution in [0.25, 0.3) is 0 Å². The first-order valence-corrected chi connectivity index (χ1v) is 9.88. The van der Waals surface area contributed by atoms with Crippen molar-refractivity contribution < 1.29 is 13.9 Å². The fraction of sp³-hybridized carbons (Fsp3) is 0.524. The van der Waals surface area contributed by atoms with E-state index in [1.165, 1.54) is 24.7 Å². The molecule has 0 unspecified atom stereocenters. The summed E-state index contributed by atoms with van der Waals surface area (Å²) in [6.45, 7) is 5.44. The number of rotatable bonds is 11. The molecule has 3 rings (SSSR count). The molecular formula is C21H30N4O3. The van der Waals surface area contributed by atoms with Crippen LogP contribution in [-0.4, -0.2) is 60.5 Å². The van der Waals surface area contributed by atoms with Crippen LogP contribution in [0.1, 0.15) is 41.7 Å². The van der Waals surface area contributed by atoms with Gasteiger partial charge >= 0.3 is 0 Å². The van der Waals surface area contributed by atoms with Crippen LogP contribution in [-0.2, 0) is 13.1 Å². The third-order valence-electron chi connectivity index (χ3n) is 4.65. The average molecular weight is 386 g/mol. The lowest BCUT2D eigenvalue weighted by Gasteiger charge is -2.20. The maximum atomic E-state index is 12.2. The number of oxazole rings is 1. The number of hydrogen-bond acceptors (Lipinski definition) is 6. The van der Waals surface area contributed by atoms with Crippen LogP contribution in [0, 0.1) is 0 Å². The monoisotopic (exact) mass is 386 g/mol. The van der Waals surface area contributed by atoms with E-state index in [1.807, 2.05) is 38.1 Å². The number of amides is 1. The summed E-state index contributed by atoms with van der Waals surface area (Å²) >= 11 is 0. The molecule has 1 N–H and O–H groups in total. The molecule has 0 atom stereocenters. The van der Waals surface area contributed by atoms with Crippen molar-refractivity contribution >= 4 is 5.91 Å². The zero-order valence-corrected chi connectivity index (χ0v) is 17.0. The van der Waals surface area contributed by atoms with E-state index in [-0.39, 0.29) is 5.91 Å². The van der Waals surface area contributed by atoms with E-state index in [2.05, 4.69) is 27.3 Å². The van der Waals surface area contributed by atoms with Gasteiger partial charge in [-0.2, -0.15) is 0 Å². The van der Waals surface area contributed by atoms with E-state index in [0.717, 1.165) is 18.8 Å². The Morgan fingerprint density at radius 3 is 2.64 bits per heavy atom. The molecule has 152 valence electrons. The molecule has 7 nitrogen and oxygen atoms in total. The van der Waals surface area contributed by atoms with Gasteiger partial charge < -0.3 is 19.4 Å². The summed E-state index contributed by atoms with van der Waals surface area (Å²) in [5.74, 6) is 1.28. The van der Waals surface area contributed by atoms with Crippen molar-refractivity contribution in [3.05, 3.63) is 47.7 Å². The minimum Gasteiger partial charge on any atom is -0.494 e. The van der Waals surface area contributed by atoms with Gasteiger partial charge in [-0.15, -0.1) is 0 Å². The lowest BCUT2D eigenvalue weighted by molar-refractivity contribution is 0.0946. The number of ether oxygens (including phenoxy) is 1. The second-order valence-corrected chi connectivity index (χ2v) is 7.40. The molecule has 1 aromatic heterocycles. The summed E-state index contributed by atoms with van der Waals surface area (Å²) in [4.78, 5) is 20.9. The van der Waals surface area contributed by atoms with E-state index in [4.69, 9.17) is 9.15 Å². The Morgan fingerprint density at radius 2 is 2.00 bits per heavy atom. The number of benzene rings is 1. The van der Waals surface area contributed by atoms with Crippen LogP contribution >= 0.6 is 0 Å². The van der Waals surface area contributed by atoms with Crippen molar-refractivity contribution in [1.82, 2.24) is 20.1 Å². The Labute approximate surface area is 166 Å². The smallest absolute Gasteiger partial charge is 0.273 e. The molecule has 0 spiro atoms. The molecule has 7 heteroatoms. The van der Waals surface area contributed by atoms with E-state index in [1.54, 1.807) is 0 Å². The summed E-state index contributed by atoms with van der Waals surface area (Å²) in [5, 5.41) is 2.86. The molecule has 0 bridgehead atoms. The number of nitrogens with zero attached hydrogens (tertiary/aromatic N) is 3. The Kier molecular flexibility index (Phi) is 7.06. The fourth-order valence-electron chi connectivity index (χ4n) is 2.99. The van der Waals surface area contributed by atoms with Crippen molar-refractivity contribution in [3.63, 3.8) is 0 Å². The standard InChI is InChI=1S/C21H30N4O3/c1-4-27-18-9-5-16(6-10-18)13-25(17-7-8-17)14-20-23-19(15-28-20)21(26)22-11-12-24(2)3/h5-6,9-10,15,17H,4,7-8,11-14H2,1-3H3,(H,22,26). The molecule has 1 fully saturated rings. The predicted octanol–water partition coefficient (Wildman–Crippen LogP) is 2.53. The molecule has 0 radical (unpaired) electrons. The SMILES string of the molecule is CCOc1ccc(CN(Cc2nc(C(=O)NCCN(C)C)co2)C2CC2)cc1. The highest BCUT2D eigenvalue weighted by Crippen LogP contribution is 2.30. The number of carbonyl (C=O) groups is 1. The second kappa shape index (κ2) is 9.71. The maximum absolute atomic E-state index is 12.2. The van der Waals surface area contributed by atoms with Crippen molar-refractivity contribution in [2.45, 2.75) is 38.9 Å². The number of likely N-dealkylation sites (N-methyl/N-ethyl adjacent to an activating group) is 1. The van der Waals surface area contributed by atoms with E-state index < -0.39 is 0 Å². The molecule has 1 amide bonds. The second-order valence-electron chi connectivity index (χ2n) is 7.40. The van der Waals surface area contributed by atoms with Gasteiger partial charge in [-0.25, -0.2) is 4.98 Å². The Hall–Kier alpha value is -2.38. The van der Waals surface area contributed by atoms with Gasteiger partial charge in [0, 0.05) is 25.7 Å². The van der Waals surface area contributed by atoms with Crippen molar-refractivity contribution in [3.8, 4) is 5.75 Å². The summed E-state index contributed by atoms with van der Waals surface area (Å²) < 4.78 is 11.1. The highest BCUT2D eigenvalue weighted by molar-refractivity contribution is 5.91. The Bertz CT molecular complexity index is 753. The zero-order valence-electron chi connectivity index (χ0n) is 17.0. The van der Waals surface area contributed by atoms with Gasteiger partial charge in [0.05, 0.1) is 13.2 Å². The maximum Gasteiger partial charge on any atom is 0.273 e. The number of aromatic nitrogens is 1. The normalized spacial score (nSPS) is 13.9. The van der Waals surface area contributed by atoms with Crippen LogP contribution in [0.4, 0.5) is 0 Å². The molecular weight excluding hydrogens is 356 g/mol. The number of hydrogen-bond donors (Lipinski definition) is 1. The van der Waals surface area contributed by atoms with Gasteiger partial charge in [-0.3, -0.25) is 9.69 Å². The van der Waals surface area contributed by atoms with Gasteiger partial charge in [-0.05, 0) is 51.6 Å². The van der Waals surface area contributed by atoms with Gasteiger partial charge in [0.1, 0.15) is 12.0 Å². The molecule has 1 aromatic carbocycles. The van der Waals surface area contributed by atoms with Gasteiger partial charge in [0.2, 0.25) is 5.89 Å². The highest BCUT2D eigenvalue weighted by atomic mass is 16.5. The van der Waals surface area contributed by atoms with Crippen molar-refractivity contribution in [2.75, 3.05) is 33.8 Å². The first kappa shape index (κ1) is 20.4. The third kappa shape index (κ3) is 6.07. The first-order valence-electron chi connectivity index (χ1n) is 9.88. The van der Waals surface area contributed by atoms with Crippen LogP contribution in [0.5, 0.6) is 5.75 Å². The fourth-order valence-corrected chi connectivity index (χ4v) is 2.99. The largest absolute Gasteiger partial charge is 0.494 e. The Balaban J connectivity index is 1.56. The zero-order chi connectivity index (χ0) is 19.9. The Morgan fingerprint density at radius 1 is 1.25 bits per heavy atom. The third-order valence-corrected chi connectivity index (χ3v) is 4.65. The number of nitrogens with one attached hydrogen (secondary N) is 1. The van der Waals surface area contributed by atoms with Crippen LogP contribution in [0.3, 0.4) is 0 Å². The van der Waals surface area contributed by atoms with Crippen LogP contribution in [0.15, 0.2) is 34.9 Å². The van der Waals surface area contributed by atoms with Gasteiger partial charge in [0.15, 0.2) is 5.69 Å².